The van der Waals surface area contributed by atoms with Gasteiger partial charge in [0, 0.05) is 49.3 Å². The van der Waals surface area contributed by atoms with Crippen LogP contribution in [0.2, 0.25) is 0 Å². The Bertz CT molecular complexity index is 779. The molecule has 140 valence electrons. The summed E-state index contributed by atoms with van der Waals surface area (Å²) in [6.45, 7) is 6.50. The zero-order valence-corrected chi connectivity index (χ0v) is 15.8. The molecule has 2 aliphatic heterocycles. The normalized spacial score (nSPS) is 24.1. The summed E-state index contributed by atoms with van der Waals surface area (Å²) < 4.78 is 5.62. The number of aromatic nitrogens is 1. The van der Waals surface area contributed by atoms with E-state index in [0.717, 1.165) is 48.4 Å². The number of aliphatic hydroxyl groups is 1. The molecule has 2 atom stereocenters. The number of fused-ring (bicyclic) bond motifs is 2. The highest BCUT2D eigenvalue weighted by Crippen LogP contribution is 2.30. The Balaban J connectivity index is 1.62. The average molecular weight is 355 g/mol. The molecule has 2 saturated heterocycles. The number of hydrogen-bond acceptors (Lipinski definition) is 5. The molecule has 4 rings (SSSR count). The van der Waals surface area contributed by atoms with Crippen LogP contribution in [0.4, 0.5) is 0 Å². The maximum atomic E-state index is 9.53. The van der Waals surface area contributed by atoms with Gasteiger partial charge in [-0.05, 0) is 50.4 Å². The van der Waals surface area contributed by atoms with Crippen molar-refractivity contribution in [3.05, 3.63) is 35.4 Å². The highest BCUT2D eigenvalue weighted by atomic mass is 16.5. The minimum atomic E-state index is 0.242. The molecule has 0 radical (unpaired) electrons. The summed E-state index contributed by atoms with van der Waals surface area (Å²) in [5.74, 6) is 0.722. The lowest BCUT2D eigenvalue weighted by atomic mass is 10.0. The standard InChI is InChI=1S/C21H29N3O2/c1-15-5-6-16-11-17(21(26-2)22-20(16)10-15)12-24-14-18-4-3-8-23(18)13-19(24)7-9-25/h5-6,10-11,18-19,25H,3-4,7-9,12-14H2,1-2H3/t18-,19+/m1/s1. The van der Waals surface area contributed by atoms with E-state index in [2.05, 4.69) is 41.0 Å². The molecule has 0 unspecified atom stereocenters. The number of aryl methyl sites for hydroxylation is 1. The van der Waals surface area contributed by atoms with Crippen LogP contribution in [-0.4, -0.2) is 65.3 Å². The van der Waals surface area contributed by atoms with Crippen molar-refractivity contribution in [1.82, 2.24) is 14.8 Å². The first-order valence-electron chi connectivity index (χ1n) is 9.71. The molecule has 2 fully saturated rings. The molecule has 26 heavy (non-hydrogen) atoms. The summed E-state index contributed by atoms with van der Waals surface area (Å²) in [5.41, 5.74) is 3.33. The summed E-state index contributed by atoms with van der Waals surface area (Å²) >= 11 is 0. The third-order valence-corrected chi connectivity index (χ3v) is 5.95. The topological polar surface area (TPSA) is 48.8 Å². The second-order valence-electron chi connectivity index (χ2n) is 7.74. The smallest absolute Gasteiger partial charge is 0.218 e. The van der Waals surface area contributed by atoms with Gasteiger partial charge in [-0.1, -0.05) is 12.1 Å². The van der Waals surface area contributed by atoms with Crippen molar-refractivity contribution in [2.24, 2.45) is 0 Å². The van der Waals surface area contributed by atoms with Gasteiger partial charge in [0.2, 0.25) is 5.88 Å². The largest absolute Gasteiger partial charge is 0.481 e. The van der Waals surface area contributed by atoms with Crippen LogP contribution < -0.4 is 4.74 Å². The Kier molecular flexibility index (Phi) is 5.11. The predicted molar refractivity (Wildman–Crippen MR) is 104 cm³/mol. The van der Waals surface area contributed by atoms with Crippen LogP contribution >= 0.6 is 0 Å². The van der Waals surface area contributed by atoms with Gasteiger partial charge in [-0.3, -0.25) is 9.80 Å². The summed E-state index contributed by atoms with van der Waals surface area (Å²) in [6, 6.07) is 9.65. The predicted octanol–water partition coefficient (Wildman–Crippen LogP) is 2.58. The van der Waals surface area contributed by atoms with Crippen molar-refractivity contribution in [2.75, 3.05) is 33.4 Å². The molecule has 1 aromatic carbocycles. The van der Waals surface area contributed by atoms with Gasteiger partial charge in [0.1, 0.15) is 0 Å². The van der Waals surface area contributed by atoms with Gasteiger partial charge >= 0.3 is 0 Å². The lowest BCUT2D eigenvalue weighted by Gasteiger charge is -2.43. The van der Waals surface area contributed by atoms with Gasteiger partial charge in [-0.15, -0.1) is 0 Å². The summed E-state index contributed by atoms with van der Waals surface area (Å²) in [4.78, 5) is 9.89. The number of pyridine rings is 1. The van der Waals surface area contributed by atoms with E-state index in [-0.39, 0.29) is 6.61 Å². The molecule has 5 nitrogen and oxygen atoms in total. The number of nitrogens with zero attached hydrogens (tertiary/aromatic N) is 3. The van der Waals surface area contributed by atoms with Gasteiger partial charge in [0.05, 0.1) is 12.6 Å². The number of rotatable bonds is 5. The fourth-order valence-corrected chi connectivity index (χ4v) is 4.58. The van der Waals surface area contributed by atoms with Crippen LogP contribution in [0.5, 0.6) is 5.88 Å². The highest BCUT2D eigenvalue weighted by Gasteiger charge is 2.36. The zero-order valence-electron chi connectivity index (χ0n) is 15.8. The van der Waals surface area contributed by atoms with Crippen LogP contribution in [-0.2, 0) is 6.54 Å². The third-order valence-electron chi connectivity index (χ3n) is 5.95. The first kappa shape index (κ1) is 17.7. The summed E-state index contributed by atoms with van der Waals surface area (Å²) in [7, 11) is 1.70. The Morgan fingerprint density at radius 2 is 2.15 bits per heavy atom. The first-order valence-corrected chi connectivity index (χ1v) is 9.71. The Hall–Kier alpha value is -1.69. The van der Waals surface area contributed by atoms with Gasteiger partial charge in [0.15, 0.2) is 0 Å². The van der Waals surface area contributed by atoms with E-state index in [0.29, 0.717) is 12.1 Å². The van der Waals surface area contributed by atoms with E-state index >= 15 is 0 Å². The molecule has 3 heterocycles. The van der Waals surface area contributed by atoms with E-state index in [9.17, 15) is 5.11 Å². The third kappa shape index (κ3) is 3.43. The first-order chi connectivity index (χ1) is 12.7. The second-order valence-corrected chi connectivity index (χ2v) is 7.74. The maximum Gasteiger partial charge on any atom is 0.218 e. The summed E-state index contributed by atoms with van der Waals surface area (Å²) in [5, 5.41) is 10.7. The second kappa shape index (κ2) is 7.51. The van der Waals surface area contributed by atoms with Gasteiger partial charge < -0.3 is 9.84 Å². The van der Waals surface area contributed by atoms with Crippen molar-refractivity contribution in [3.8, 4) is 5.88 Å². The van der Waals surface area contributed by atoms with E-state index in [1.165, 1.54) is 24.9 Å². The minimum Gasteiger partial charge on any atom is -0.481 e. The quantitative estimate of drug-likeness (QED) is 0.893. The molecule has 0 bridgehead atoms. The SMILES string of the molecule is COc1nc2cc(C)ccc2cc1CN1C[C@H]2CCCN2C[C@@H]1CCO. The minimum absolute atomic E-state index is 0.242. The van der Waals surface area contributed by atoms with Crippen LogP contribution in [0.3, 0.4) is 0 Å². The van der Waals surface area contributed by atoms with Gasteiger partial charge in [-0.25, -0.2) is 4.98 Å². The van der Waals surface area contributed by atoms with E-state index in [4.69, 9.17) is 9.72 Å². The van der Waals surface area contributed by atoms with Crippen LogP contribution in [0.15, 0.2) is 24.3 Å². The number of piperazine rings is 1. The number of hydrogen-bond donors (Lipinski definition) is 1. The average Bonchev–Trinajstić information content (AvgIpc) is 3.09. The molecule has 1 N–H and O–H groups in total. The lowest BCUT2D eigenvalue weighted by Crippen LogP contribution is -2.55. The molecular formula is C21H29N3O2. The van der Waals surface area contributed by atoms with Gasteiger partial charge in [0.25, 0.3) is 0 Å². The maximum absolute atomic E-state index is 9.53. The fraction of sp³-hybridized carbons (Fsp3) is 0.571. The molecule has 2 aromatic rings. The van der Waals surface area contributed by atoms with E-state index in [1.54, 1.807) is 7.11 Å². The van der Waals surface area contributed by atoms with Crippen LogP contribution in [0.25, 0.3) is 10.9 Å². The van der Waals surface area contributed by atoms with E-state index < -0.39 is 0 Å². The molecule has 1 aromatic heterocycles. The van der Waals surface area contributed by atoms with Gasteiger partial charge in [-0.2, -0.15) is 0 Å². The molecule has 5 heteroatoms. The van der Waals surface area contributed by atoms with Crippen molar-refractivity contribution in [2.45, 2.75) is 44.8 Å². The lowest BCUT2D eigenvalue weighted by molar-refractivity contribution is 0.0328. The molecule has 0 saturated carbocycles. The summed E-state index contributed by atoms with van der Waals surface area (Å²) in [6.07, 6.45) is 3.41. The van der Waals surface area contributed by atoms with Crippen molar-refractivity contribution >= 4 is 10.9 Å². The van der Waals surface area contributed by atoms with Crippen molar-refractivity contribution < 1.29 is 9.84 Å². The molecular weight excluding hydrogens is 326 g/mol. The van der Waals surface area contributed by atoms with Crippen LogP contribution in [0, 0.1) is 6.92 Å². The highest BCUT2D eigenvalue weighted by molar-refractivity contribution is 5.80. The number of aliphatic hydroxyl groups excluding tert-OH is 1. The monoisotopic (exact) mass is 355 g/mol. The number of methoxy groups -OCH3 is 1. The van der Waals surface area contributed by atoms with E-state index in [1.807, 2.05) is 0 Å². The van der Waals surface area contributed by atoms with Crippen molar-refractivity contribution in [3.63, 3.8) is 0 Å². The number of ether oxygens (including phenoxy) is 1. The van der Waals surface area contributed by atoms with Crippen LogP contribution in [0.1, 0.15) is 30.4 Å². The Morgan fingerprint density at radius 3 is 2.96 bits per heavy atom. The molecule has 2 aliphatic rings. The molecule has 0 spiro atoms. The van der Waals surface area contributed by atoms with Crippen molar-refractivity contribution in [1.29, 1.82) is 0 Å². The fourth-order valence-electron chi connectivity index (χ4n) is 4.58. The molecule has 0 amide bonds. The Labute approximate surface area is 155 Å². The zero-order chi connectivity index (χ0) is 18.1. The number of benzene rings is 1. The molecule has 0 aliphatic carbocycles. The Morgan fingerprint density at radius 1 is 1.27 bits per heavy atom.